The summed E-state index contributed by atoms with van der Waals surface area (Å²) in [5.74, 6) is -0.684. The van der Waals surface area contributed by atoms with E-state index >= 15 is 0 Å². The van der Waals surface area contributed by atoms with Crippen molar-refractivity contribution in [2.24, 2.45) is 5.92 Å². The van der Waals surface area contributed by atoms with Crippen molar-refractivity contribution >= 4 is 23.2 Å². The molecule has 1 aliphatic carbocycles. The molecule has 1 spiro atoms. The quantitative estimate of drug-likeness (QED) is 0.558. The Morgan fingerprint density at radius 1 is 1.12 bits per heavy atom. The summed E-state index contributed by atoms with van der Waals surface area (Å²) < 4.78 is 5.14. The van der Waals surface area contributed by atoms with Crippen molar-refractivity contribution in [1.29, 1.82) is 0 Å². The van der Waals surface area contributed by atoms with E-state index in [0.29, 0.717) is 17.6 Å². The molecular weight excluding hydrogens is 416 g/mol. The molecule has 0 amide bonds. The molecule has 1 unspecified atom stereocenters. The minimum atomic E-state index is -0.562. The van der Waals surface area contributed by atoms with E-state index in [1.807, 2.05) is 36.4 Å². The number of ketones is 2. The molecule has 2 aliphatic heterocycles. The Bertz CT molecular complexity index is 1190. The average Bonchev–Trinajstić information content (AvgIpc) is 3.35. The smallest absolute Gasteiger partial charge is 0.335 e. The number of hydrogen-bond acceptors (Lipinski definition) is 6. The summed E-state index contributed by atoms with van der Waals surface area (Å²) >= 11 is 0. The van der Waals surface area contributed by atoms with Crippen LogP contribution in [0.25, 0.3) is 0 Å². The minimum Gasteiger partial charge on any atom is -0.466 e. The number of fused-ring (bicyclic) bond motifs is 1. The zero-order chi connectivity index (χ0) is 23.3. The van der Waals surface area contributed by atoms with Gasteiger partial charge in [-0.25, -0.2) is 4.79 Å². The van der Waals surface area contributed by atoms with Gasteiger partial charge in [0.2, 0.25) is 0 Å². The average molecular weight is 445 g/mol. The number of rotatable bonds is 5. The molecule has 0 radical (unpaired) electrons. The Hall–Kier alpha value is -3.25. The number of ether oxygens (including phenoxy) is 1. The highest BCUT2D eigenvalue weighted by Gasteiger charge is 2.61. The van der Waals surface area contributed by atoms with Gasteiger partial charge in [-0.2, -0.15) is 0 Å². The van der Waals surface area contributed by atoms with Crippen molar-refractivity contribution in [3.05, 3.63) is 76.5 Å². The monoisotopic (exact) mass is 444 g/mol. The predicted molar refractivity (Wildman–Crippen MR) is 125 cm³/mol. The number of Topliss-reactive ketones (excluding diaryl/α,β-unsaturated/α-hetero) is 2. The van der Waals surface area contributed by atoms with Crippen LogP contribution < -0.4 is 5.32 Å². The van der Waals surface area contributed by atoms with Crippen LogP contribution in [-0.2, 0) is 26.3 Å². The van der Waals surface area contributed by atoms with Gasteiger partial charge in [-0.3, -0.25) is 14.5 Å². The maximum atomic E-state index is 13.0. The van der Waals surface area contributed by atoms with Gasteiger partial charge >= 0.3 is 5.97 Å². The van der Waals surface area contributed by atoms with Gasteiger partial charge < -0.3 is 10.1 Å². The van der Waals surface area contributed by atoms with Gasteiger partial charge in [0.05, 0.1) is 18.1 Å². The van der Waals surface area contributed by atoms with Gasteiger partial charge in [-0.05, 0) is 56.0 Å². The summed E-state index contributed by atoms with van der Waals surface area (Å²) in [5, 5.41) is 3.50. The van der Waals surface area contributed by atoms with Crippen LogP contribution in [0, 0.1) is 5.92 Å². The van der Waals surface area contributed by atoms with Crippen molar-refractivity contribution in [2.45, 2.75) is 44.7 Å². The number of likely N-dealkylation sites (tertiary alicyclic amines) is 1. The number of anilines is 1. The van der Waals surface area contributed by atoms with Crippen molar-refractivity contribution < 1.29 is 19.1 Å². The summed E-state index contributed by atoms with van der Waals surface area (Å²) in [6.45, 7) is 4.68. The van der Waals surface area contributed by atoms with Gasteiger partial charge in [0.1, 0.15) is 5.78 Å². The zero-order valence-corrected chi connectivity index (χ0v) is 19.2. The van der Waals surface area contributed by atoms with E-state index in [1.54, 1.807) is 13.8 Å². The highest BCUT2D eigenvalue weighted by Crippen LogP contribution is 2.59. The van der Waals surface area contributed by atoms with Crippen LogP contribution in [0.15, 0.2) is 59.8 Å². The molecule has 5 rings (SSSR count). The molecule has 3 aliphatic rings. The van der Waals surface area contributed by atoms with E-state index < -0.39 is 11.4 Å². The molecule has 170 valence electrons. The van der Waals surface area contributed by atoms with E-state index in [1.165, 1.54) is 12.7 Å². The molecule has 2 heterocycles. The Morgan fingerprint density at radius 2 is 1.88 bits per heavy atom. The molecule has 33 heavy (non-hydrogen) atoms. The second-order valence-electron chi connectivity index (χ2n) is 9.33. The van der Waals surface area contributed by atoms with Crippen LogP contribution in [-0.4, -0.2) is 42.1 Å². The summed E-state index contributed by atoms with van der Waals surface area (Å²) in [7, 11) is 1.38. The molecule has 2 aromatic rings. The van der Waals surface area contributed by atoms with Crippen molar-refractivity contribution in [3.8, 4) is 0 Å². The number of carbonyl (C=O) groups excluding carboxylic acids is 3. The molecule has 1 fully saturated rings. The van der Waals surface area contributed by atoms with Gasteiger partial charge in [-0.15, -0.1) is 0 Å². The van der Waals surface area contributed by atoms with Crippen LogP contribution in [0.4, 0.5) is 5.69 Å². The number of carbonyl (C=O) groups is 3. The summed E-state index contributed by atoms with van der Waals surface area (Å²) in [6, 6.07) is 15.8. The van der Waals surface area contributed by atoms with Crippen molar-refractivity contribution in [3.63, 3.8) is 0 Å². The predicted octanol–water partition coefficient (Wildman–Crippen LogP) is 3.86. The van der Waals surface area contributed by atoms with E-state index in [-0.39, 0.29) is 23.5 Å². The Morgan fingerprint density at radius 3 is 2.55 bits per heavy atom. The molecule has 1 saturated heterocycles. The molecule has 0 aromatic heterocycles. The molecule has 0 saturated carbocycles. The molecule has 6 nitrogen and oxygen atoms in total. The number of hydrogen-bond donors (Lipinski definition) is 1. The highest BCUT2D eigenvalue weighted by molar-refractivity contribution is 5.97. The molecule has 2 aromatic carbocycles. The number of esters is 1. The van der Waals surface area contributed by atoms with Gasteiger partial charge in [0.15, 0.2) is 5.78 Å². The van der Waals surface area contributed by atoms with E-state index in [0.717, 1.165) is 36.5 Å². The standard InChI is InChI=1S/C27H28N2O4/c1-16(30)19-9-10-23-22(13-19)27-11-12-29(15-18-7-5-4-6-8-18)25(27)20(17(2)31)14-21(24(27)28-23)26(32)33-3/h4-10,13,20,25,28H,11-12,14-15H2,1-3H3/t20-,25-,27?/m1/s1. The van der Waals surface area contributed by atoms with E-state index in [9.17, 15) is 14.4 Å². The van der Waals surface area contributed by atoms with Crippen LogP contribution in [0.1, 0.15) is 48.2 Å². The number of nitrogens with one attached hydrogen (secondary N) is 1. The first-order chi connectivity index (χ1) is 15.9. The van der Waals surface area contributed by atoms with Crippen LogP contribution >= 0.6 is 0 Å². The lowest BCUT2D eigenvalue weighted by Gasteiger charge is -2.45. The van der Waals surface area contributed by atoms with Gasteiger partial charge in [0, 0.05) is 42.0 Å². The van der Waals surface area contributed by atoms with Crippen molar-refractivity contribution in [2.75, 3.05) is 19.0 Å². The van der Waals surface area contributed by atoms with Gasteiger partial charge in [0.25, 0.3) is 0 Å². The fourth-order valence-corrected chi connectivity index (χ4v) is 6.15. The lowest BCUT2D eigenvalue weighted by atomic mass is 9.62. The molecule has 1 N–H and O–H groups in total. The Balaban J connectivity index is 1.71. The summed E-state index contributed by atoms with van der Waals surface area (Å²) in [6.07, 6.45) is 1.10. The third kappa shape index (κ3) is 3.23. The normalized spacial score (nSPS) is 25.7. The fraction of sp³-hybridized carbons (Fsp3) is 0.370. The largest absolute Gasteiger partial charge is 0.466 e. The fourth-order valence-electron chi connectivity index (χ4n) is 6.15. The van der Waals surface area contributed by atoms with Crippen LogP contribution in [0.3, 0.4) is 0 Å². The minimum absolute atomic E-state index is 0.00515. The maximum Gasteiger partial charge on any atom is 0.335 e. The van der Waals surface area contributed by atoms with E-state index in [2.05, 4.69) is 22.3 Å². The summed E-state index contributed by atoms with van der Waals surface area (Å²) in [5.41, 5.74) is 4.53. The van der Waals surface area contributed by atoms with E-state index in [4.69, 9.17) is 4.74 Å². The first-order valence-electron chi connectivity index (χ1n) is 11.4. The number of nitrogens with zero attached hydrogens (tertiary/aromatic N) is 1. The second-order valence-corrected chi connectivity index (χ2v) is 9.33. The van der Waals surface area contributed by atoms with Crippen LogP contribution in [0.5, 0.6) is 0 Å². The Kier molecular flexibility index (Phi) is 5.20. The number of benzene rings is 2. The molecule has 0 bridgehead atoms. The topological polar surface area (TPSA) is 75.7 Å². The third-order valence-corrected chi connectivity index (χ3v) is 7.59. The lowest BCUT2D eigenvalue weighted by molar-refractivity contribution is -0.137. The number of methoxy groups -OCH3 is 1. The lowest BCUT2D eigenvalue weighted by Crippen LogP contribution is -2.53. The highest BCUT2D eigenvalue weighted by atomic mass is 16.5. The molecule has 3 atom stereocenters. The van der Waals surface area contributed by atoms with Gasteiger partial charge in [-0.1, -0.05) is 30.3 Å². The third-order valence-electron chi connectivity index (χ3n) is 7.59. The summed E-state index contributed by atoms with van der Waals surface area (Å²) in [4.78, 5) is 40.5. The molecule has 6 heteroatoms. The Labute approximate surface area is 193 Å². The first-order valence-corrected chi connectivity index (χ1v) is 11.4. The van der Waals surface area contributed by atoms with Crippen molar-refractivity contribution in [1.82, 2.24) is 4.90 Å². The second kappa shape index (κ2) is 7.96. The zero-order valence-electron chi connectivity index (χ0n) is 19.2. The van der Waals surface area contributed by atoms with Crippen LogP contribution in [0.2, 0.25) is 0 Å². The molecular formula is C27H28N2O4. The first kappa shape index (κ1) is 21.6. The SMILES string of the molecule is COC(=O)C1=C2Nc3ccc(C(C)=O)cc3C23CCN(Cc2ccccc2)[C@@H]3[C@@H](C(C)=O)C1. The maximum absolute atomic E-state index is 13.0.